The molecule has 0 spiro atoms. The van der Waals surface area contributed by atoms with E-state index < -0.39 is 0 Å². The van der Waals surface area contributed by atoms with Crippen LogP contribution in [0.5, 0.6) is 0 Å². The second kappa shape index (κ2) is 6.86. The van der Waals surface area contributed by atoms with Crippen LogP contribution in [0.3, 0.4) is 0 Å². The largest absolute Gasteiger partial charge is 0.370 e. The van der Waals surface area contributed by atoms with Crippen LogP contribution in [0.25, 0.3) is 0 Å². The van der Waals surface area contributed by atoms with Crippen LogP contribution in [0.2, 0.25) is 0 Å². The van der Waals surface area contributed by atoms with Crippen LogP contribution in [0.15, 0.2) is 48.5 Å². The van der Waals surface area contributed by atoms with Crippen molar-refractivity contribution < 1.29 is 4.79 Å². The summed E-state index contributed by atoms with van der Waals surface area (Å²) in [5.74, 6) is 0.0737. The van der Waals surface area contributed by atoms with Crippen LogP contribution in [0.4, 0.5) is 5.69 Å². The van der Waals surface area contributed by atoms with Crippen molar-refractivity contribution >= 4 is 11.6 Å². The van der Waals surface area contributed by atoms with E-state index in [0.717, 1.165) is 24.1 Å². The summed E-state index contributed by atoms with van der Waals surface area (Å²) < 4.78 is 0. The Morgan fingerprint density at radius 1 is 1.00 bits per heavy atom. The molecule has 0 saturated heterocycles. The van der Waals surface area contributed by atoms with Crippen molar-refractivity contribution in [1.29, 1.82) is 0 Å². The fraction of sp³-hybridized carbons (Fsp3) is 0.350. The van der Waals surface area contributed by atoms with Gasteiger partial charge in [0.25, 0.3) is 0 Å². The molecule has 0 aliphatic heterocycles. The summed E-state index contributed by atoms with van der Waals surface area (Å²) in [6.45, 7) is 0. The Balaban J connectivity index is 1.95. The van der Waals surface area contributed by atoms with Crippen molar-refractivity contribution in [1.82, 2.24) is 4.90 Å². The first-order valence-electron chi connectivity index (χ1n) is 8.30. The van der Waals surface area contributed by atoms with Gasteiger partial charge in [-0.25, -0.2) is 0 Å². The highest BCUT2D eigenvalue weighted by Gasteiger charge is 2.23. The van der Waals surface area contributed by atoms with Crippen molar-refractivity contribution in [3.8, 4) is 0 Å². The van der Waals surface area contributed by atoms with Crippen LogP contribution < -0.4 is 5.32 Å². The molecule has 0 aromatic heterocycles. The number of anilines is 1. The predicted octanol–water partition coefficient (Wildman–Crippen LogP) is 3.81. The Hall–Kier alpha value is -2.29. The number of carbonyl (C=O) groups excluding carboxylic acids is 1. The predicted molar refractivity (Wildman–Crippen MR) is 94.6 cm³/mol. The number of carbonyl (C=O) groups is 1. The van der Waals surface area contributed by atoms with E-state index in [1.165, 1.54) is 24.0 Å². The number of nitrogens with one attached hydrogen (secondary N) is 1. The quantitative estimate of drug-likeness (QED) is 0.931. The third kappa shape index (κ3) is 3.39. The fourth-order valence-corrected chi connectivity index (χ4v) is 3.26. The van der Waals surface area contributed by atoms with Crippen LogP contribution in [0.1, 0.15) is 35.6 Å². The Labute approximate surface area is 138 Å². The van der Waals surface area contributed by atoms with Crippen molar-refractivity contribution in [3.63, 3.8) is 0 Å². The maximum absolute atomic E-state index is 12.7. The van der Waals surface area contributed by atoms with E-state index in [4.69, 9.17) is 0 Å². The molecule has 23 heavy (non-hydrogen) atoms. The lowest BCUT2D eigenvalue weighted by Gasteiger charge is -2.26. The zero-order valence-corrected chi connectivity index (χ0v) is 13.9. The van der Waals surface area contributed by atoms with Gasteiger partial charge in [-0.3, -0.25) is 4.79 Å². The lowest BCUT2D eigenvalue weighted by molar-refractivity contribution is -0.129. The average molecular weight is 308 g/mol. The molecule has 1 atom stereocenters. The maximum atomic E-state index is 12.7. The summed E-state index contributed by atoms with van der Waals surface area (Å²) in [5.41, 5.74) is 4.91. The second-order valence-electron chi connectivity index (χ2n) is 6.37. The molecule has 1 N–H and O–H groups in total. The minimum absolute atomic E-state index is 0.0737. The van der Waals surface area contributed by atoms with Gasteiger partial charge >= 0.3 is 0 Å². The second-order valence-corrected chi connectivity index (χ2v) is 6.37. The summed E-state index contributed by atoms with van der Waals surface area (Å²) >= 11 is 0. The van der Waals surface area contributed by atoms with E-state index in [1.807, 2.05) is 30.3 Å². The zero-order valence-electron chi connectivity index (χ0n) is 13.9. The van der Waals surface area contributed by atoms with Gasteiger partial charge in [-0.1, -0.05) is 42.5 Å². The first kappa shape index (κ1) is 15.6. The Morgan fingerprint density at radius 2 is 1.74 bits per heavy atom. The third-order valence-electron chi connectivity index (χ3n) is 4.52. The molecule has 2 aromatic rings. The minimum atomic E-state index is -0.348. The summed E-state index contributed by atoms with van der Waals surface area (Å²) in [7, 11) is 3.61. The summed E-state index contributed by atoms with van der Waals surface area (Å²) in [6, 6.07) is 16.0. The minimum Gasteiger partial charge on any atom is -0.370 e. The molecule has 120 valence electrons. The van der Waals surface area contributed by atoms with Gasteiger partial charge in [0.2, 0.25) is 5.91 Å². The van der Waals surface area contributed by atoms with E-state index >= 15 is 0 Å². The van der Waals surface area contributed by atoms with Crippen LogP contribution in [-0.2, 0) is 17.6 Å². The zero-order chi connectivity index (χ0) is 16.2. The number of nitrogens with zero attached hydrogens (tertiary/aromatic N) is 1. The van der Waals surface area contributed by atoms with Crippen molar-refractivity contribution in [3.05, 3.63) is 65.2 Å². The van der Waals surface area contributed by atoms with Gasteiger partial charge in [0.15, 0.2) is 0 Å². The Morgan fingerprint density at radius 3 is 2.48 bits per heavy atom. The molecular weight excluding hydrogens is 284 g/mol. The molecule has 3 heteroatoms. The van der Waals surface area contributed by atoms with E-state index in [0.29, 0.717) is 0 Å². The number of likely N-dealkylation sites (N-methyl/N-ethyl adjacent to an activating group) is 1. The van der Waals surface area contributed by atoms with Crippen molar-refractivity contribution in [2.45, 2.75) is 31.7 Å². The number of hydrogen-bond donors (Lipinski definition) is 1. The number of benzene rings is 2. The number of amides is 1. The molecule has 0 bridgehead atoms. The molecular formula is C20H24N2O. The van der Waals surface area contributed by atoms with Gasteiger partial charge in [0.05, 0.1) is 0 Å². The smallest absolute Gasteiger partial charge is 0.249 e. The normalized spacial score (nSPS) is 14.7. The molecule has 1 unspecified atom stereocenters. The summed E-state index contributed by atoms with van der Waals surface area (Å²) in [4.78, 5) is 14.3. The first-order valence-corrected chi connectivity index (χ1v) is 8.30. The molecule has 3 rings (SSSR count). The first-order chi connectivity index (χ1) is 11.2. The van der Waals surface area contributed by atoms with Gasteiger partial charge in [-0.05, 0) is 48.4 Å². The highest BCUT2D eigenvalue weighted by molar-refractivity contribution is 5.86. The molecule has 1 aliphatic carbocycles. The van der Waals surface area contributed by atoms with Gasteiger partial charge in [-0.15, -0.1) is 0 Å². The van der Waals surface area contributed by atoms with Crippen molar-refractivity contribution in [2.75, 3.05) is 19.4 Å². The fourth-order valence-electron chi connectivity index (χ4n) is 3.26. The average Bonchev–Trinajstić information content (AvgIpc) is 2.60. The summed E-state index contributed by atoms with van der Waals surface area (Å²) in [5, 5.41) is 3.51. The maximum Gasteiger partial charge on any atom is 0.249 e. The lowest BCUT2D eigenvalue weighted by atomic mass is 9.90. The standard InChI is InChI=1S/C20H24N2O/c1-22(2)20(23)19(16-10-4-3-5-11-16)21-18-14-8-12-15-9-6-7-13-17(15)18/h3-5,8,10-12,14,19,21H,6-7,9,13H2,1-2H3. The van der Waals surface area contributed by atoms with E-state index in [1.54, 1.807) is 19.0 Å². The number of fused-ring (bicyclic) bond motifs is 1. The highest BCUT2D eigenvalue weighted by atomic mass is 16.2. The molecule has 1 aliphatic rings. The van der Waals surface area contributed by atoms with E-state index in [-0.39, 0.29) is 11.9 Å². The summed E-state index contributed by atoms with van der Waals surface area (Å²) in [6.07, 6.45) is 4.72. The Kier molecular flexibility index (Phi) is 4.65. The van der Waals surface area contributed by atoms with Crippen molar-refractivity contribution in [2.24, 2.45) is 0 Å². The number of rotatable bonds is 4. The molecule has 2 aromatic carbocycles. The Bertz CT molecular complexity index is 679. The molecule has 0 radical (unpaired) electrons. The third-order valence-corrected chi connectivity index (χ3v) is 4.52. The van der Waals surface area contributed by atoms with Gasteiger partial charge in [0, 0.05) is 19.8 Å². The molecule has 0 heterocycles. The molecule has 0 saturated carbocycles. The van der Waals surface area contributed by atoms with Crippen LogP contribution in [-0.4, -0.2) is 24.9 Å². The highest BCUT2D eigenvalue weighted by Crippen LogP contribution is 2.30. The molecule has 1 amide bonds. The van der Waals surface area contributed by atoms with Gasteiger partial charge < -0.3 is 10.2 Å². The van der Waals surface area contributed by atoms with E-state index in [2.05, 4.69) is 23.5 Å². The monoisotopic (exact) mass is 308 g/mol. The number of aryl methyl sites for hydroxylation is 1. The van der Waals surface area contributed by atoms with Crippen LogP contribution in [0, 0.1) is 0 Å². The molecule has 0 fully saturated rings. The SMILES string of the molecule is CN(C)C(=O)C(Nc1cccc2c1CCCC2)c1ccccc1. The number of hydrogen-bond acceptors (Lipinski definition) is 2. The van der Waals surface area contributed by atoms with Crippen LogP contribution >= 0.6 is 0 Å². The topological polar surface area (TPSA) is 32.3 Å². The van der Waals surface area contributed by atoms with E-state index in [9.17, 15) is 4.79 Å². The van der Waals surface area contributed by atoms with Gasteiger partial charge in [0.1, 0.15) is 6.04 Å². The van der Waals surface area contributed by atoms with Gasteiger partial charge in [-0.2, -0.15) is 0 Å². The molecule has 3 nitrogen and oxygen atoms in total. The lowest BCUT2D eigenvalue weighted by Crippen LogP contribution is -2.33.